The quantitative estimate of drug-likeness (QED) is 0.788. The van der Waals surface area contributed by atoms with Crippen molar-refractivity contribution in [3.05, 3.63) is 57.5 Å². The van der Waals surface area contributed by atoms with E-state index in [1.807, 2.05) is 18.2 Å². The summed E-state index contributed by atoms with van der Waals surface area (Å²) in [4.78, 5) is 12.1. The van der Waals surface area contributed by atoms with Gasteiger partial charge in [0.05, 0.1) is 20.8 Å². The first-order valence-electron chi connectivity index (χ1n) is 6.14. The van der Waals surface area contributed by atoms with Crippen LogP contribution in [0.4, 0.5) is 5.69 Å². The zero-order valence-electron chi connectivity index (χ0n) is 11.1. The second-order valence-corrected chi connectivity index (χ2v) is 5.53. The Kier molecular flexibility index (Phi) is 5.34. The van der Waals surface area contributed by atoms with Crippen molar-refractivity contribution >= 4 is 46.4 Å². The fourth-order valence-electron chi connectivity index (χ4n) is 1.61. The van der Waals surface area contributed by atoms with E-state index in [0.29, 0.717) is 26.5 Å². The van der Waals surface area contributed by atoms with Crippen molar-refractivity contribution < 1.29 is 9.53 Å². The number of ether oxygens (including phenoxy) is 1. The van der Waals surface area contributed by atoms with Crippen molar-refractivity contribution in [1.82, 2.24) is 0 Å². The van der Waals surface area contributed by atoms with Gasteiger partial charge in [-0.1, -0.05) is 53.0 Å². The van der Waals surface area contributed by atoms with Crippen LogP contribution in [0.5, 0.6) is 5.75 Å². The number of rotatable bonds is 4. The molecule has 0 radical (unpaired) electrons. The van der Waals surface area contributed by atoms with Crippen molar-refractivity contribution in [3.63, 3.8) is 0 Å². The summed E-state index contributed by atoms with van der Waals surface area (Å²) in [5.41, 5.74) is 0.388. The molecule has 21 heavy (non-hydrogen) atoms. The first-order valence-corrected chi connectivity index (χ1v) is 7.28. The normalized spacial score (nSPS) is 11.8. The summed E-state index contributed by atoms with van der Waals surface area (Å²) in [6, 6.07) is 12.0. The predicted octanol–water partition coefficient (Wildman–Crippen LogP) is 5.05. The number of anilines is 1. The van der Waals surface area contributed by atoms with Crippen molar-refractivity contribution in [2.45, 2.75) is 13.0 Å². The van der Waals surface area contributed by atoms with Gasteiger partial charge >= 0.3 is 0 Å². The highest BCUT2D eigenvalue weighted by atomic mass is 35.5. The molecule has 0 saturated carbocycles. The Balaban J connectivity index is 2.06. The molecule has 0 bridgehead atoms. The minimum Gasteiger partial charge on any atom is -0.481 e. The Morgan fingerprint density at radius 2 is 1.67 bits per heavy atom. The molecule has 0 saturated heterocycles. The average Bonchev–Trinajstić information content (AvgIpc) is 2.45. The van der Waals surface area contributed by atoms with E-state index in [-0.39, 0.29) is 5.91 Å². The zero-order valence-corrected chi connectivity index (χ0v) is 13.3. The number of carbonyl (C=O) groups excluding carboxylic acids is 1. The maximum Gasteiger partial charge on any atom is 0.265 e. The molecule has 6 heteroatoms. The Labute approximate surface area is 137 Å². The van der Waals surface area contributed by atoms with Gasteiger partial charge in [-0.3, -0.25) is 4.79 Å². The fourth-order valence-corrected chi connectivity index (χ4v) is 2.20. The molecule has 1 unspecified atom stereocenters. The Hall–Kier alpha value is -1.42. The highest BCUT2D eigenvalue weighted by Gasteiger charge is 2.17. The predicted molar refractivity (Wildman–Crippen MR) is 86.6 cm³/mol. The van der Waals surface area contributed by atoms with Crippen LogP contribution in [-0.4, -0.2) is 12.0 Å². The van der Waals surface area contributed by atoms with Crippen LogP contribution in [-0.2, 0) is 4.79 Å². The summed E-state index contributed by atoms with van der Waals surface area (Å²) in [5.74, 6) is 0.277. The lowest BCUT2D eigenvalue weighted by Gasteiger charge is -2.15. The van der Waals surface area contributed by atoms with Crippen molar-refractivity contribution in [1.29, 1.82) is 0 Å². The largest absolute Gasteiger partial charge is 0.481 e. The van der Waals surface area contributed by atoms with Crippen molar-refractivity contribution in [3.8, 4) is 5.75 Å². The number of hydrogen-bond donors (Lipinski definition) is 1. The number of benzene rings is 2. The van der Waals surface area contributed by atoms with Gasteiger partial charge in [0, 0.05) is 0 Å². The molecule has 0 aliphatic rings. The summed E-state index contributed by atoms with van der Waals surface area (Å²) in [6.45, 7) is 1.65. The summed E-state index contributed by atoms with van der Waals surface area (Å²) >= 11 is 17.8. The molecule has 3 nitrogen and oxygen atoms in total. The van der Waals surface area contributed by atoms with Crippen LogP contribution < -0.4 is 10.1 Å². The van der Waals surface area contributed by atoms with Crippen LogP contribution in [0.1, 0.15) is 6.92 Å². The smallest absolute Gasteiger partial charge is 0.265 e. The van der Waals surface area contributed by atoms with Crippen molar-refractivity contribution in [2.75, 3.05) is 5.32 Å². The second-order valence-electron chi connectivity index (χ2n) is 4.31. The summed E-state index contributed by atoms with van der Waals surface area (Å²) in [5, 5.41) is 3.61. The van der Waals surface area contributed by atoms with Gasteiger partial charge in [0.2, 0.25) is 0 Å². The molecule has 1 atom stereocenters. The van der Waals surface area contributed by atoms with Gasteiger partial charge in [-0.15, -0.1) is 0 Å². The fraction of sp³-hybridized carbons (Fsp3) is 0.133. The lowest BCUT2D eigenvalue weighted by molar-refractivity contribution is -0.122. The van der Waals surface area contributed by atoms with E-state index < -0.39 is 6.10 Å². The lowest BCUT2D eigenvalue weighted by Crippen LogP contribution is -2.30. The third-order valence-corrected chi connectivity index (χ3v) is 3.73. The molecule has 2 aromatic carbocycles. The van der Waals surface area contributed by atoms with Gasteiger partial charge in [0.15, 0.2) is 6.10 Å². The van der Waals surface area contributed by atoms with E-state index in [4.69, 9.17) is 39.5 Å². The van der Waals surface area contributed by atoms with E-state index in [0.717, 1.165) is 0 Å². The molecule has 1 N–H and O–H groups in total. The Morgan fingerprint density at radius 3 is 2.33 bits per heavy atom. The van der Waals surface area contributed by atoms with Gasteiger partial charge < -0.3 is 10.1 Å². The number of hydrogen-bond acceptors (Lipinski definition) is 2. The minimum absolute atomic E-state index is 0.310. The van der Waals surface area contributed by atoms with Crippen molar-refractivity contribution in [2.24, 2.45) is 0 Å². The van der Waals surface area contributed by atoms with E-state index in [9.17, 15) is 4.79 Å². The first kappa shape index (κ1) is 16.0. The van der Waals surface area contributed by atoms with Crippen LogP contribution >= 0.6 is 34.8 Å². The molecular formula is C15H12Cl3NO2. The van der Waals surface area contributed by atoms with Crippen LogP contribution in [0.2, 0.25) is 15.1 Å². The van der Waals surface area contributed by atoms with Gasteiger partial charge in [0.25, 0.3) is 5.91 Å². The molecule has 0 aliphatic carbocycles. The average molecular weight is 345 g/mol. The van der Waals surface area contributed by atoms with E-state index in [2.05, 4.69) is 5.32 Å². The molecular weight excluding hydrogens is 333 g/mol. The van der Waals surface area contributed by atoms with Gasteiger partial charge in [-0.05, 0) is 31.2 Å². The molecule has 110 valence electrons. The third kappa shape index (κ3) is 4.27. The summed E-state index contributed by atoms with van der Waals surface area (Å²) < 4.78 is 5.53. The van der Waals surface area contributed by atoms with Crippen LogP contribution in [0.3, 0.4) is 0 Å². The number of halogens is 3. The topological polar surface area (TPSA) is 38.3 Å². The first-order chi connectivity index (χ1) is 9.97. The van der Waals surface area contributed by atoms with E-state index >= 15 is 0 Å². The maximum absolute atomic E-state index is 12.1. The molecule has 2 aromatic rings. The summed E-state index contributed by atoms with van der Waals surface area (Å²) in [6.07, 6.45) is -0.682. The molecule has 0 aromatic heterocycles. The Bertz CT molecular complexity index is 647. The molecule has 0 spiro atoms. The highest BCUT2D eigenvalue weighted by molar-refractivity contribution is 6.44. The number of para-hydroxylation sites is 1. The van der Waals surface area contributed by atoms with Crippen LogP contribution in [0.15, 0.2) is 42.5 Å². The zero-order chi connectivity index (χ0) is 15.4. The monoisotopic (exact) mass is 343 g/mol. The summed E-state index contributed by atoms with van der Waals surface area (Å²) in [7, 11) is 0. The van der Waals surface area contributed by atoms with Crippen LogP contribution in [0.25, 0.3) is 0 Å². The highest BCUT2D eigenvalue weighted by Crippen LogP contribution is 2.32. The lowest BCUT2D eigenvalue weighted by atomic mass is 10.3. The molecule has 0 aliphatic heterocycles. The second kappa shape index (κ2) is 7.03. The molecule has 2 rings (SSSR count). The van der Waals surface area contributed by atoms with E-state index in [1.165, 1.54) is 12.1 Å². The third-order valence-electron chi connectivity index (χ3n) is 2.69. The van der Waals surface area contributed by atoms with Gasteiger partial charge in [0.1, 0.15) is 5.75 Å². The molecule has 0 fully saturated rings. The standard InChI is InChI=1S/C15H12Cl3NO2/c1-9(21-10-5-3-2-4-6-10)15(20)19-14-8-12(17)11(16)7-13(14)18/h2-9H,1H3,(H,19,20). The van der Waals surface area contributed by atoms with Crippen LogP contribution in [0, 0.1) is 0 Å². The maximum atomic E-state index is 12.1. The van der Waals surface area contributed by atoms with Gasteiger partial charge in [-0.25, -0.2) is 0 Å². The SMILES string of the molecule is CC(Oc1ccccc1)C(=O)Nc1cc(Cl)c(Cl)cc1Cl. The minimum atomic E-state index is -0.682. The Morgan fingerprint density at radius 1 is 1.05 bits per heavy atom. The number of nitrogens with one attached hydrogen (secondary N) is 1. The van der Waals surface area contributed by atoms with Gasteiger partial charge in [-0.2, -0.15) is 0 Å². The molecule has 1 amide bonds. The number of amides is 1. The van der Waals surface area contributed by atoms with E-state index in [1.54, 1.807) is 19.1 Å². The number of carbonyl (C=O) groups is 1. The molecule has 0 heterocycles.